The Morgan fingerprint density at radius 3 is 2.52 bits per heavy atom. The highest BCUT2D eigenvalue weighted by molar-refractivity contribution is 6.14. The van der Waals surface area contributed by atoms with E-state index in [2.05, 4.69) is 9.47 Å². The molecule has 7 heteroatoms. The van der Waals surface area contributed by atoms with Crippen molar-refractivity contribution in [3.63, 3.8) is 0 Å². The number of hydrogen-bond donors (Lipinski definition) is 0. The molecule has 0 radical (unpaired) electrons. The fraction of sp³-hybridized carbons (Fsp3) is 0.250. The van der Waals surface area contributed by atoms with E-state index in [9.17, 15) is 19.2 Å². The van der Waals surface area contributed by atoms with Gasteiger partial charge in [-0.2, -0.15) is 0 Å². The third-order valence-electron chi connectivity index (χ3n) is 4.10. The Kier molecular flexibility index (Phi) is 2.84. The minimum atomic E-state index is -0.706. The van der Waals surface area contributed by atoms with Crippen molar-refractivity contribution in [1.82, 2.24) is 0 Å². The van der Waals surface area contributed by atoms with Gasteiger partial charge in [0, 0.05) is 0 Å². The van der Waals surface area contributed by atoms with Crippen LogP contribution in [0.2, 0.25) is 0 Å². The Hall–Kier alpha value is -2.96. The van der Waals surface area contributed by atoms with Gasteiger partial charge in [-0.3, -0.25) is 4.79 Å². The van der Waals surface area contributed by atoms with Gasteiger partial charge < -0.3 is 14.2 Å². The van der Waals surface area contributed by atoms with Gasteiger partial charge in [-0.25, -0.2) is 14.4 Å². The fourth-order valence-electron chi connectivity index (χ4n) is 2.97. The predicted molar refractivity (Wildman–Crippen MR) is 72.5 cm³/mol. The van der Waals surface area contributed by atoms with Crippen molar-refractivity contribution < 1.29 is 33.4 Å². The number of carbonyl (C=O) groups excluding carboxylic acids is 4. The summed E-state index contributed by atoms with van der Waals surface area (Å²) < 4.78 is 14.8. The summed E-state index contributed by atoms with van der Waals surface area (Å²) in [5.74, 6) is -2.65. The second kappa shape index (κ2) is 4.77. The van der Waals surface area contributed by atoms with Crippen LogP contribution in [-0.2, 0) is 19.1 Å². The Morgan fingerprint density at radius 2 is 1.70 bits per heavy atom. The number of cyclic esters (lactones) is 4. The predicted octanol–water partition coefficient (Wildman–Crippen LogP) is 1.16. The van der Waals surface area contributed by atoms with Crippen LogP contribution < -0.4 is 4.74 Å². The molecule has 0 saturated carbocycles. The number of esters is 4. The molecule has 0 N–H and O–H groups in total. The second-order valence-corrected chi connectivity index (χ2v) is 5.50. The summed E-state index contributed by atoms with van der Waals surface area (Å²) in [4.78, 5) is 46.0. The minimum absolute atomic E-state index is 0.157. The quantitative estimate of drug-likeness (QED) is 0.597. The molecule has 0 spiro atoms. The summed E-state index contributed by atoms with van der Waals surface area (Å²) in [5.41, 5.74) is 0.681. The molecule has 1 saturated heterocycles. The van der Waals surface area contributed by atoms with E-state index >= 15 is 0 Å². The van der Waals surface area contributed by atoms with E-state index in [1.54, 1.807) is 12.1 Å². The molecule has 0 bridgehead atoms. The molecule has 116 valence electrons. The van der Waals surface area contributed by atoms with Crippen molar-refractivity contribution >= 4 is 23.9 Å². The molecule has 7 nitrogen and oxygen atoms in total. The van der Waals surface area contributed by atoms with Gasteiger partial charge in [-0.1, -0.05) is 0 Å². The van der Waals surface area contributed by atoms with Crippen LogP contribution in [0.4, 0.5) is 0 Å². The molecule has 2 aliphatic heterocycles. The van der Waals surface area contributed by atoms with Crippen LogP contribution >= 0.6 is 0 Å². The standard InChI is InChI=1S/C16H10O7/c17-13-9-3-1-7(5-11(9)15(19)22-13)21-8-2-4-10-12(6-8)16(20)23-14(10)18/h1,3,5-6,8,10H,2,4H2. The van der Waals surface area contributed by atoms with Crippen LogP contribution in [0, 0.1) is 5.92 Å². The monoisotopic (exact) mass is 314 g/mol. The first-order valence-corrected chi connectivity index (χ1v) is 7.08. The molecule has 2 heterocycles. The molecule has 0 aromatic heterocycles. The number of ether oxygens (including phenoxy) is 3. The Labute approximate surface area is 129 Å². The van der Waals surface area contributed by atoms with Crippen LogP contribution in [0.25, 0.3) is 0 Å². The normalized spacial score (nSPS) is 25.5. The van der Waals surface area contributed by atoms with Gasteiger partial charge in [0.2, 0.25) is 0 Å². The highest BCUT2D eigenvalue weighted by Gasteiger charge is 2.42. The average Bonchev–Trinajstić information content (AvgIpc) is 2.96. The first-order valence-electron chi connectivity index (χ1n) is 7.08. The molecule has 4 rings (SSSR count). The number of hydrogen-bond acceptors (Lipinski definition) is 7. The zero-order valence-electron chi connectivity index (χ0n) is 11.7. The lowest BCUT2D eigenvalue weighted by Gasteiger charge is -2.22. The molecule has 0 amide bonds. The van der Waals surface area contributed by atoms with Crippen molar-refractivity contribution in [2.75, 3.05) is 0 Å². The van der Waals surface area contributed by atoms with Crippen LogP contribution in [0.5, 0.6) is 5.75 Å². The molecule has 2 atom stereocenters. The van der Waals surface area contributed by atoms with Gasteiger partial charge in [0.1, 0.15) is 11.9 Å². The van der Waals surface area contributed by atoms with Gasteiger partial charge in [0.05, 0.1) is 22.6 Å². The number of rotatable bonds is 2. The number of fused-ring (bicyclic) bond motifs is 2. The minimum Gasteiger partial charge on any atom is -0.486 e. The highest BCUT2D eigenvalue weighted by atomic mass is 16.6. The van der Waals surface area contributed by atoms with Crippen LogP contribution in [-0.4, -0.2) is 30.0 Å². The van der Waals surface area contributed by atoms with E-state index in [-0.39, 0.29) is 11.1 Å². The van der Waals surface area contributed by atoms with Gasteiger partial charge in [0.15, 0.2) is 0 Å². The molecular formula is C16H10O7. The van der Waals surface area contributed by atoms with Crippen LogP contribution in [0.1, 0.15) is 33.6 Å². The maximum atomic E-state index is 11.6. The van der Waals surface area contributed by atoms with E-state index in [0.717, 1.165) is 0 Å². The molecule has 3 aliphatic rings. The maximum Gasteiger partial charge on any atom is 0.347 e. The van der Waals surface area contributed by atoms with Crippen molar-refractivity contribution in [2.45, 2.75) is 18.9 Å². The molecule has 1 aromatic rings. The zero-order chi connectivity index (χ0) is 16.1. The summed E-state index contributed by atoms with van der Waals surface area (Å²) in [5, 5.41) is 0. The lowest BCUT2D eigenvalue weighted by atomic mass is 9.88. The number of benzene rings is 1. The van der Waals surface area contributed by atoms with E-state index in [4.69, 9.17) is 4.74 Å². The fourth-order valence-corrected chi connectivity index (χ4v) is 2.97. The second-order valence-electron chi connectivity index (χ2n) is 5.50. The molecule has 1 fully saturated rings. The average molecular weight is 314 g/mol. The lowest BCUT2D eigenvalue weighted by molar-refractivity contribution is -0.152. The summed E-state index contributed by atoms with van der Waals surface area (Å²) in [6.45, 7) is 0. The Bertz CT molecular complexity index is 805. The van der Waals surface area contributed by atoms with Gasteiger partial charge >= 0.3 is 23.9 Å². The van der Waals surface area contributed by atoms with E-state index in [1.807, 2.05) is 0 Å². The Balaban J connectivity index is 1.58. The smallest absolute Gasteiger partial charge is 0.347 e. The lowest BCUT2D eigenvalue weighted by Crippen LogP contribution is -2.24. The van der Waals surface area contributed by atoms with E-state index in [1.165, 1.54) is 12.1 Å². The van der Waals surface area contributed by atoms with Gasteiger partial charge in [-0.05, 0) is 37.1 Å². The third kappa shape index (κ3) is 2.12. The zero-order valence-corrected chi connectivity index (χ0v) is 11.7. The summed E-state index contributed by atoms with van der Waals surface area (Å²) in [7, 11) is 0. The molecule has 1 aliphatic carbocycles. The van der Waals surface area contributed by atoms with Crippen LogP contribution in [0.15, 0.2) is 29.8 Å². The number of carbonyl (C=O) groups is 4. The summed E-state index contributed by atoms with van der Waals surface area (Å²) in [6.07, 6.45) is 2.17. The topological polar surface area (TPSA) is 96.0 Å². The van der Waals surface area contributed by atoms with Crippen molar-refractivity contribution in [2.24, 2.45) is 5.92 Å². The van der Waals surface area contributed by atoms with Crippen molar-refractivity contribution in [3.05, 3.63) is 41.0 Å². The largest absolute Gasteiger partial charge is 0.486 e. The summed E-state index contributed by atoms with van der Waals surface area (Å²) in [6, 6.07) is 4.46. The Morgan fingerprint density at radius 1 is 0.913 bits per heavy atom. The maximum absolute atomic E-state index is 11.6. The van der Waals surface area contributed by atoms with Gasteiger partial charge in [0.25, 0.3) is 0 Å². The molecule has 2 unspecified atom stereocenters. The molecule has 1 aromatic carbocycles. The summed E-state index contributed by atoms with van der Waals surface area (Å²) >= 11 is 0. The van der Waals surface area contributed by atoms with Crippen molar-refractivity contribution in [1.29, 1.82) is 0 Å². The first-order chi connectivity index (χ1) is 11.0. The SMILES string of the molecule is O=C1OC(=O)C2CCC(Oc3ccc4c(c3)C(=O)OC4=O)C=C12. The molecule has 23 heavy (non-hydrogen) atoms. The van der Waals surface area contributed by atoms with Crippen molar-refractivity contribution in [3.8, 4) is 5.75 Å². The van der Waals surface area contributed by atoms with Gasteiger partial charge in [-0.15, -0.1) is 0 Å². The molecular weight excluding hydrogens is 304 g/mol. The van der Waals surface area contributed by atoms with E-state index < -0.39 is 35.9 Å². The highest BCUT2D eigenvalue weighted by Crippen LogP contribution is 2.34. The first kappa shape index (κ1) is 13.7. The van der Waals surface area contributed by atoms with Crippen LogP contribution in [0.3, 0.4) is 0 Å². The third-order valence-corrected chi connectivity index (χ3v) is 4.10. The van der Waals surface area contributed by atoms with E-state index in [0.29, 0.717) is 24.2 Å².